The van der Waals surface area contributed by atoms with Crippen molar-refractivity contribution in [2.45, 2.75) is 18.9 Å². The Kier molecular flexibility index (Phi) is 4.46. The monoisotopic (exact) mass is 198 g/mol. The Balaban J connectivity index is 2.41. The molecule has 1 atom stereocenters. The zero-order valence-corrected chi connectivity index (χ0v) is 8.82. The largest absolute Gasteiger partial charge is 0.442 e. The van der Waals surface area contributed by atoms with Gasteiger partial charge in [-0.2, -0.15) is 0 Å². The number of nitrogens with zero attached hydrogens (tertiary/aromatic N) is 1. The smallest absolute Gasteiger partial charge is 0.409 e. The van der Waals surface area contributed by atoms with E-state index in [-0.39, 0.29) is 12.2 Å². The first-order valence-electron chi connectivity index (χ1n) is 4.95. The second-order valence-corrected chi connectivity index (χ2v) is 3.57. The molecular formula is C10H18N2O2. The number of hydrogen-bond acceptors (Lipinski definition) is 3. The van der Waals surface area contributed by atoms with E-state index in [0.717, 1.165) is 25.9 Å². The molecule has 0 spiro atoms. The molecule has 0 fully saturated rings. The van der Waals surface area contributed by atoms with E-state index in [0.29, 0.717) is 0 Å². The van der Waals surface area contributed by atoms with E-state index in [1.165, 1.54) is 4.90 Å². The van der Waals surface area contributed by atoms with Gasteiger partial charge in [-0.15, -0.1) is 0 Å². The summed E-state index contributed by atoms with van der Waals surface area (Å²) in [6.07, 6.45) is 5.51. The fourth-order valence-electron chi connectivity index (χ4n) is 1.23. The maximum Gasteiger partial charge on any atom is 0.409 e. The summed E-state index contributed by atoms with van der Waals surface area (Å²) in [6, 6.07) is 0. The average molecular weight is 198 g/mol. The molecule has 0 radical (unpaired) electrons. The number of rotatable bonds is 1. The van der Waals surface area contributed by atoms with E-state index in [2.05, 4.69) is 11.4 Å². The molecule has 0 bridgehead atoms. The number of carbonyl (C=O) groups is 1. The fourth-order valence-corrected chi connectivity index (χ4v) is 1.23. The number of amides is 1. The molecule has 1 aliphatic rings. The van der Waals surface area contributed by atoms with Gasteiger partial charge in [-0.25, -0.2) is 4.79 Å². The van der Waals surface area contributed by atoms with Gasteiger partial charge in [0.15, 0.2) is 0 Å². The fraction of sp³-hybridized carbons (Fsp3) is 0.700. The van der Waals surface area contributed by atoms with Crippen molar-refractivity contribution in [1.29, 1.82) is 0 Å². The maximum atomic E-state index is 11.3. The molecule has 0 saturated heterocycles. The first-order chi connectivity index (χ1) is 6.70. The average Bonchev–Trinajstić information content (AvgIpc) is 2.08. The minimum Gasteiger partial charge on any atom is -0.442 e. The highest BCUT2D eigenvalue weighted by Gasteiger charge is 2.13. The van der Waals surface area contributed by atoms with Crippen LogP contribution in [0.5, 0.6) is 0 Å². The summed E-state index contributed by atoms with van der Waals surface area (Å²) in [5.74, 6) is 0. The van der Waals surface area contributed by atoms with Gasteiger partial charge in [-0.05, 0) is 25.6 Å². The van der Waals surface area contributed by atoms with Crippen molar-refractivity contribution in [3.8, 4) is 0 Å². The summed E-state index contributed by atoms with van der Waals surface area (Å²) in [7, 11) is 3.38. The van der Waals surface area contributed by atoms with Crippen LogP contribution in [0.25, 0.3) is 0 Å². The third-order valence-corrected chi connectivity index (χ3v) is 2.06. The molecule has 0 saturated carbocycles. The lowest BCUT2D eigenvalue weighted by Crippen LogP contribution is -2.30. The van der Waals surface area contributed by atoms with Crippen LogP contribution in [0.2, 0.25) is 0 Å². The molecule has 0 aromatic heterocycles. The molecule has 1 amide bonds. The zero-order chi connectivity index (χ0) is 10.4. The van der Waals surface area contributed by atoms with Gasteiger partial charge in [0.1, 0.15) is 6.10 Å². The van der Waals surface area contributed by atoms with Crippen LogP contribution in [-0.4, -0.2) is 44.3 Å². The van der Waals surface area contributed by atoms with Gasteiger partial charge < -0.3 is 15.0 Å². The molecule has 0 aromatic rings. The highest BCUT2D eigenvalue weighted by atomic mass is 16.6. The molecule has 1 unspecified atom stereocenters. The molecule has 4 nitrogen and oxygen atoms in total. The Bertz CT molecular complexity index is 214. The van der Waals surface area contributed by atoms with Crippen LogP contribution in [0.4, 0.5) is 4.79 Å². The SMILES string of the molecule is CN(C)C(=O)OC1/C=C/CCNCC1. The zero-order valence-electron chi connectivity index (χ0n) is 8.82. The van der Waals surface area contributed by atoms with Crippen LogP contribution < -0.4 is 5.32 Å². The minimum absolute atomic E-state index is 0.0855. The normalized spacial score (nSPS) is 24.6. The number of ether oxygens (including phenoxy) is 1. The molecule has 1 aliphatic heterocycles. The summed E-state index contributed by atoms with van der Waals surface area (Å²) >= 11 is 0. The summed E-state index contributed by atoms with van der Waals surface area (Å²) in [6.45, 7) is 1.90. The van der Waals surface area contributed by atoms with Gasteiger partial charge in [-0.3, -0.25) is 0 Å². The summed E-state index contributed by atoms with van der Waals surface area (Å²) in [5, 5.41) is 3.26. The van der Waals surface area contributed by atoms with Crippen molar-refractivity contribution in [1.82, 2.24) is 10.2 Å². The third kappa shape index (κ3) is 3.79. The van der Waals surface area contributed by atoms with Crippen molar-refractivity contribution in [2.24, 2.45) is 0 Å². The van der Waals surface area contributed by atoms with Gasteiger partial charge >= 0.3 is 6.09 Å². The number of hydrogen-bond donors (Lipinski definition) is 1. The van der Waals surface area contributed by atoms with Crippen LogP contribution in [0.15, 0.2) is 12.2 Å². The van der Waals surface area contributed by atoms with Crippen molar-refractivity contribution in [3.05, 3.63) is 12.2 Å². The lowest BCUT2D eigenvalue weighted by molar-refractivity contribution is 0.0900. The molecule has 1 rings (SSSR count). The van der Waals surface area contributed by atoms with Crippen LogP contribution >= 0.6 is 0 Å². The van der Waals surface area contributed by atoms with Gasteiger partial charge in [0.25, 0.3) is 0 Å². The third-order valence-electron chi connectivity index (χ3n) is 2.06. The molecule has 80 valence electrons. The molecule has 14 heavy (non-hydrogen) atoms. The van der Waals surface area contributed by atoms with Gasteiger partial charge in [-0.1, -0.05) is 6.08 Å². The Morgan fingerprint density at radius 3 is 3.00 bits per heavy atom. The lowest BCUT2D eigenvalue weighted by atomic mass is 10.2. The van der Waals surface area contributed by atoms with E-state index in [4.69, 9.17) is 4.74 Å². The Morgan fingerprint density at radius 1 is 1.50 bits per heavy atom. The van der Waals surface area contributed by atoms with Gasteiger partial charge in [0.2, 0.25) is 0 Å². The van der Waals surface area contributed by atoms with Crippen molar-refractivity contribution in [2.75, 3.05) is 27.2 Å². The Hall–Kier alpha value is -1.03. The van der Waals surface area contributed by atoms with Crippen LogP contribution in [0.3, 0.4) is 0 Å². The highest BCUT2D eigenvalue weighted by molar-refractivity contribution is 5.67. The predicted octanol–water partition coefficient (Wildman–Crippen LogP) is 0.993. The standard InChI is InChI=1S/C10H18N2O2/c1-12(2)10(13)14-9-5-3-4-7-11-8-6-9/h3,5,9,11H,4,6-8H2,1-2H3/b5-3+. The molecule has 1 N–H and O–H groups in total. The lowest BCUT2D eigenvalue weighted by Gasteiger charge is -2.19. The molecular weight excluding hydrogens is 180 g/mol. The van der Waals surface area contributed by atoms with E-state index in [1.807, 2.05) is 6.08 Å². The van der Waals surface area contributed by atoms with E-state index < -0.39 is 0 Å². The maximum absolute atomic E-state index is 11.3. The van der Waals surface area contributed by atoms with Crippen LogP contribution in [0, 0.1) is 0 Å². The Labute approximate surface area is 84.9 Å². The van der Waals surface area contributed by atoms with Crippen LogP contribution in [0.1, 0.15) is 12.8 Å². The highest BCUT2D eigenvalue weighted by Crippen LogP contribution is 2.05. The molecule has 4 heteroatoms. The van der Waals surface area contributed by atoms with Gasteiger partial charge in [0, 0.05) is 20.5 Å². The second kappa shape index (κ2) is 5.65. The summed E-state index contributed by atoms with van der Waals surface area (Å²) in [4.78, 5) is 12.7. The second-order valence-electron chi connectivity index (χ2n) is 3.57. The first-order valence-corrected chi connectivity index (χ1v) is 4.95. The van der Waals surface area contributed by atoms with E-state index in [9.17, 15) is 4.79 Å². The number of nitrogens with one attached hydrogen (secondary N) is 1. The van der Waals surface area contributed by atoms with Crippen molar-refractivity contribution >= 4 is 6.09 Å². The molecule has 0 aliphatic carbocycles. The van der Waals surface area contributed by atoms with Crippen LogP contribution in [-0.2, 0) is 4.74 Å². The van der Waals surface area contributed by atoms with Crippen molar-refractivity contribution in [3.63, 3.8) is 0 Å². The molecule has 0 aromatic carbocycles. The first kappa shape index (κ1) is 11.0. The molecule has 1 heterocycles. The quantitative estimate of drug-likeness (QED) is 0.639. The van der Waals surface area contributed by atoms with E-state index in [1.54, 1.807) is 14.1 Å². The Morgan fingerprint density at radius 2 is 2.29 bits per heavy atom. The topological polar surface area (TPSA) is 41.6 Å². The summed E-state index contributed by atoms with van der Waals surface area (Å²) < 4.78 is 5.25. The van der Waals surface area contributed by atoms with E-state index >= 15 is 0 Å². The number of carbonyl (C=O) groups excluding carboxylic acids is 1. The predicted molar refractivity (Wildman–Crippen MR) is 55.2 cm³/mol. The minimum atomic E-state index is -0.278. The van der Waals surface area contributed by atoms with Crippen molar-refractivity contribution < 1.29 is 9.53 Å². The summed E-state index contributed by atoms with van der Waals surface area (Å²) in [5.41, 5.74) is 0. The van der Waals surface area contributed by atoms with Gasteiger partial charge in [0.05, 0.1) is 0 Å².